The predicted molar refractivity (Wildman–Crippen MR) is 86.4 cm³/mol. The fourth-order valence-electron chi connectivity index (χ4n) is 2.99. The number of hydrogen-bond donors (Lipinski definition) is 0. The van der Waals surface area contributed by atoms with Gasteiger partial charge in [-0.1, -0.05) is 52.3 Å². The van der Waals surface area contributed by atoms with Gasteiger partial charge < -0.3 is 4.90 Å². The summed E-state index contributed by atoms with van der Waals surface area (Å²) >= 11 is 3.49. The van der Waals surface area contributed by atoms with Crippen LogP contribution in [-0.4, -0.2) is 29.2 Å². The van der Waals surface area contributed by atoms with Crippen LogP contribution in [-0.2, 0) is 0 Å². The zero-order valence-electron chi connectivity index (χ0n) is 11.4. The fraction of sp³-hybridized carbons (Fsp3) is 0.353. The van der Waals surface area contributed by atoms with Gasteiger partial charge in [-0.2, -0.15) is 0 Å². The second-order valence-electron chi connectivity index (χ2n) is 5.41. The van der Waals surface area contributed by atoms with Crippen molar-refractivity contribution in [3.8, 4) is 0 Å². The Morgan fingerprint density at radius 3 is 2.85 bits per heavy atom. The third-order valence-corrected chi connectivity index (χ3v) is 4.57. The first-order valence-corrected chi connectivity index (χ1v) is 8.25. The van der Waals surface area contributed by atoms with E-state index in [1.807, 2.05) is 35.2 Å². The van der Waals surface area contributed by atoms with E-state index in [1.54, 1.807) is 0 Å². The Labute approximate surface area is 127 Å². The number of hydrogen-bond acceptors (Lipinski definition) is 1. The molecule has 0 saturated carbocycles. The van der Waals surface area contributed by atoms with E-state index in [4.69, 9.17) is 0 Å². The van der Waals surface area contributed by atoms with Crippen molar-refractivity contribution in [3.63, 3.8) is 0 Å². The van der Waals surface area contributed by atoms with Crippen molar-refractivity contribution >= 4 is 32.6 Å². The molecule has 1 aliphatic rings. The molecule has 0 radical (unpaired) electrons. The minimum Gasteiger partial charge on any atom is -0.338 e. The number of alkyl halides is 1. The highest BCUT2D eigenvalue weighted by molar-refractivity contribution is 9.09. The number of benzene rings is 2. The normalized spacial score (nSPS) is 18.6. The Balaban J connectivity index is 1.86. The Morgan fingerprint density at radius 1 is 1.20 bits per heavy atom. The summed E-state index contributed by atoms with van der Waals surface area (Å²) in [5.41, 5.74) is 0.836. The van der Waals surface area contributed by atoms with E-state index in [2.05, 4.69) is 28.1 Å². The van der Waals surface area contributed by atoms with Crippen LogP contribution in [0.3, 0.4) is 0 Å². The van der Waals surface area contributed by atoms with Crippen molar-refractivity contribution in [3.05, 3.63) is 48.0 Å². The van der Waals surface area contributed by atoms with E-state index in [-0.39, 0.29) is 5.91 Å². The highest BCUT2D eigenvalue weighted by Gasteiger charge is 2.27. The molecule has 1 unspecified atom stereocenters. The minimum atomic E-state index is 0.180. The SMILES string of the molecule is O=C(c1cccc2ccccc12)N1CCC(CCBr)C1. The Hall–Kier alpha value is -1.35. The molecule has 2 aromatic rings. The summed E-state index contributed by atoms with van der Waals surface area (Å²) < 4.78 is 0. The number of halogens is 1. The Kier molecular flexibility index (Phi) is 4.06. The average Bonchev–Trinajstić information content (AvgIpc) is 2.95. The maximum Gasteiger partial charge on any atom is 0.254 e. The van der Waals surface area contributed by atoms with Gasteiger partial charge in [0.15, 0.2) is 0 Å². The van der Waals surface area contributed by atoms with E-state index >= 15 is 0 Å². The molecule has 2 aromatic carbocycles. The molecule has 2 nitrogen and oxygen atoms in total. The van der Waals surface area contributed by atoms with Crippen molar-refractivity contribution < 1.29 is 4.79 Å². The van der Waals surface area contributed by atoms with E-state index in [1.165, 1.54) is 0 Å². The second kappa shape index (κ2) is 5.96. The molecule has 0 spiro atoms. The van der Waals surface area contributed by atoms with Crippen LogP contribution in [0.2, 0.25) is 0 Å². The highest BCUT2D eigenvalue weighted by atomic mass is 79.9. The summed E-state index contributed by atoms with van der Waals surface area (Å²) in [7, 11) is 0. The molecule has 3 heteroatoms. The molecule has 3 rings (SSSR count). The van der Waals surface area contributed by atoms with Crippen molar-refractivity contribution in [2.24, 2.45) is 5.92 Å². The van der Waals surface area contributed by atoms with Crippen LogP contribution >= 0.6 is 15.9 Å². The van der Waals surface area contributed by atoms with Gasteiger partial charge in [-0.25, -0.2) is 0 Å². The van der Waals surface area contributed by atoms with Crippen LogP contribution < -0.4 is 0 Å². The van der Waals surface area contributed by atoms with Gasteiger partial charge >= 0.3 is 0 Å². The molecule has 0 aromatic heterocycles. The zero-order chi connectivity index (χ0) is 13.9. The number of carbonyl (C=O) groups excluding carboxylic acids is 1. The smallest absolute Gasteiger partial charge is 0.254 e. The zero-order valence-corrected chi connectivity index (χ0v) is 13.0. The minimum absolute atomic E-state index is 0.180. The maximum absolute atomic E-state index is 12.7. The van der Waals surface area contributed by atoms with Crippen molar-refractivity contribution in [1.29, 1.82) is 0 Å². The second-order valence-corrected chi connectivity index (χ2v) is 6.20. The quantitative estimate of drug-likeness (QED) is 0.776. The topological polar surface area (TPSA) is 20.3 Å². The molecule has 1 heterocycles. The molecule has 0 aliphatic carbocycles. The van der Waals surface area contributed by atoms with Crippen molar-refractivity contribution in [1.82, 2.24) is 4.90 Å². The Morgan fingerprint density at radius 2 is 2.00 bits per heavy atom. The van der Waals surface area contributed by atoms with Crippen LogP contribution in [0.1, 0.15) is 23.2 Å². The number of amides is 1. The van der Waals surface area contributed by atoms with Gasteiger partial charge in [0.25, 0.3) is 5.91 Å². The lowest BCUT2D eigenvalue weighted by Gasteiger charge is -2.17. The van der Waals surface area contributed by atoms with Gasteiger partial charge in [-0.05, 0) is 35.6 Å². The number of rotatable bonds is 3. The fourth-order valence-corrected chi connectivity index (χ4v) is 3.64. The predicted octanol–water partition coefficient (Wildman–Crippen LogP) is 4.09. The summed E-state index contributed by atoms with van der Waals surface area (Å²) in [4.78, 5) is 14.7. The molecule has 0 bridgehead atoms. The van der Waals surface area contributed by atoms with Crippen LogP contribution in [0.5, 0.6) is 0 Å². The number of nitrogens with zero attached hydrogens (tertiary/aromatic N) is 1. The summed E-state index contributed by atoms with van der Waals surface area (Å²) in [6, 6.07) is 14.1. The lowest BCUT2D eigenvalue weighted by molar-refractivity contribution is 0.0789. The first-order chi connectivity index (χ1) is 9.79. The van der Waals surface area contributed by atoms with E-state index in [0.717, 1.165) is 47.6 Å². The molecule has 1 atom stereocenters. The van der Waals surface area contributed by atoms with Crippen LogP contribution in [0.4, 0.5) is 0 Å². The van der Waals surface area contributed by atoms with Crippen LogP contribution in [0.15, 0.2) is 42.5 Å². The molecule has 1 amide bonds. The van der Waals surface area contributed by atoms with E-state index < -0.39 is 0 Å². The van der Waals surface area contributed by atoms with Crippen LogP contribution in [0.25, 0.3) is 10.8 Å². The highest BCUT2D eigenvalue weighted by Crippen LogP contribution is 2.25. The standard InChI is InChI=1S/C17H18BrNO/c18-10-8-13-9-11-19(12-13)17(20)16-7-3-5-14-4-1-2-6-15(14)16/h1-7,13H,8-12H2. The first kappa shape index (κ1) is 13.6. The van der Waals surface area contributed by atoms with E-state index in [0.29, 0.717) is 5.92 Å². The van der Waals surface area contributed by atoms with E-state index in [9.17, 15) is 4.79 Å². The molecule has 20 heavy (non-hydrogen) atoms. The van der Waals surface area contributed by atoms with Crippen molar-refractivity contribution in [2.75, 3.05) is 18.4 Å². The first-order valence-electron chi connectivity index (χ1n) is 7.12. The van der Waals surface area contributed by atoms with Gasteiger partial charge in [0.05, 0.1) is 0 Å². The summed E-state index contributed by atoms with van der Waals surface area (Å²) in [6.07, 6.45) is 2.28. The monoisotopic (exact) mass is 331 g/mol. The molecular weight excluding hydrogens is 314 g/mol. The molecule has 1 fully saturated rings. The summed E-state index contributed by atoms with van der Waals surface area (Å²) in [5.74, 6) is 0.826. The molecule has 104 valence electrons. The van der Waals surface area contributed by atoms with Gasteiger partial charge in [0.2, 0.25) is 0 Å². The Bertz CT molecular complexity index is 620. The average molecular weight is 332 g/mol. The third kappa shape index (κ3) is 2.59. The summed E-state index contributed by atoms with van der Waals surface area (Å²) in [6.45, 7) is 1.79. The molecular formula is C17H18BrNO. The van der Waals surface area contributed by atoms with Gasteiger partial charge in [0, 0.05) is 24.0 Å². The summed E-state index contributed by atoms with van der Waals surface area (Å²) in [5, 5.41) is 3.21. The lowest BCUT2D eigenvalue weighted by atomic mass is 10.0. The van der Waals surface area contributed by atoms with Gasteiger partial charge in [0.1, 0.15) is 0 Å². The van der Waals surface area contributed by atoms with Crippen molar-refractivity contribution in [2.45, 2.75) is 12.8 Å². The largest absolute Gasteiger partial charge is 0.338 e. The number of fused-ring (bicyclic) bond motifs is 1. The van der Waals surface area contributed by atoms with Crippen LogP contribution in [0, 0.1) is 5.92 Å². The number of carbonyl (C=O) groups is 1. The third-order valence-electron chi connectivity index (χ3n) is 4.11. The lowest BCUT2D eigenvalue weighted by Crippen LogP contribution is -2.28. The molecule has 0 N–H and O–H groups in total. The van der Waals surface area contributed by atoms with Gasteiger partial charge in [-0.3, -0.25) is 4.79 Å². The maximum atomic E-state index is 12.7. The van der Waals surface area contributed by atoms with Gasteiger partial charge in [-0.15, -0.1) is 0 Å². The number of likely N-dealkylation sites (tertiary alicyclic amines) is 1. The molecule has 1 saturated heterocycles. The molecule has 1 aliphatic heterocycles.